The number of carbonyl (C=O) groups excluding carboxylic acids is 1. The normalized spacial score (nSPS) is 34.0. The van der Waals surface area contributed by atoms with Crippen molar-refractivity contribution < 1.29 is 14.3 Å². The van der Waals surface area contributed by atoms with Crippen molar-refractivity contribution in [1.82, 2.24) is 0 Å². The van der Waals surface area contributed by atoms with E-state index in [-0.39, 0.29) is 23.4 Å². The summed E-state index contributed by atoms with van der Waals surface area (Å²) in [6, 6.07) is 6.13. The molecule has 4 atom stereocenters. The molecule has 1 aromatic carbocycles. The quantitative estimate of drug-likeness (QED) is 0.913. The summed E-state index contributed by atoms with van der Waals surface area (Å²) in [5.74, 6) is -1.33. The number of Topliss-reactive ketones (excluding diaryl/α,β-unsaturated/α-hetero) is 1. The Hall–Kier alpha value is -1.88. The third-order valence-corrected chi connectivity index (χ3v) is 4.77. The molecule has 0 unspecified atom stereocenters. The number of nitrogens with zero attached hydrogens (tertiary/aromatic N) is 2. The monoisotopic (exact) mass is 302 g/mol. The van der Waals surface area contributed by atoms with Gasteiger partial charge in [0.15, 0.2) is 0 Å². The van der Waals surface area contributed by atoms with Crippen LogP contribution in [0.5, 0.6) is 0 Å². The fraction of sp³-hybridized carbons (Fsp3) is 0.471. The zero-order valence-electron chi connectivity index (χ0n) is 12.9. The molecule has 2 aliphatic rings. The fourth-order valence-corrected chi connectivity index (χ4v) is 3.94. The molecule has 116 valence electrons. The molecule has 0 bridgehead atoms. The molecule has 1 N–H and O–H groups in total. The van der Waals surface area contributed by atoms with Crippen molar-refractivity contribution in [3.05, 3.63) is 35.6 Å². The molecule has 1 aliphatic heterocycles. The summed E-state index contributed by atoms with van der Waals surface area (Å²) in [6.07, 6.45) is 0.334. The van der Waals surface area contributed by atoms with E-state index >= 15 is 0 Å². The second-order valence-corrected chi connectivity index (χ2v) is 6.51. The number of rotatable bonds is 2. The molecule has 3 rings (SSSR count). The maximum atomic E-state index is 13.2. The van der Waals surface area contributed by atoms with Gasteiger partial charge in [-0.2, -0.15) is 10.2 Å². The van der Waals surface area contributed by atoms with Gasteiger partial charge >= 0.3 is 0 Å². The van der Waals surface area contributed by atoms with Crippen molar-refractivity contribution in [2.45, 2.75) is 38.7 Å². The van der Waals surface area contributed by atoms with Crippen LogP contribution >= 0.6 is 0 Å². The first kappa shape index (κ1) is 15.0. The Morgan fingerprint density at radius 2 is 1.95 bits per heavy atom. The average molecular weight is 302 g/mol. The van der Waals surface area contributed by atoms with E-state index < -0.39 is 11.5 Å². The Morgan fingerprint density at radius 3 is 2.55 bits per heavy atom. The van der Waals surface area contributed by atoms with Crippen LogP contribution < -0.4 is 0 Å². The highest BCUT2D eigenvalue weighted by atomic mass is 19.1. The minimum atomic E-state index is -1.18. The van der Waals surface area contributed by atoms with Gasteiger partial charge < -0.3 is 5.11 Å². The van der Waals surface area contributed by atoms with Crippen LogP contribution in [-0.2, 0) is 4.79 Å². The van der Waals surface area contributed by atoms with Gasteiger partial charge in [-0.1, -0.05) is 12.1 Å². The van der Waals surface area contributed by atoms with Crippen LogP contribution in [0, 0.1) is 17.7 Å². The van der Waals surface area contributed by atoms with E-state index in [1.165, 1.54) is 19.1 Å². The lowest BCUT2D eigenvalue weighted by Crippen LogP contribution is -2.53. The summed E-state index contributed by atoms with van der Waals surface area (Å²) in [4.78, 5) is 12.2. The van der Waals surface area contributed by atoms with E-state index in [2.05, 4.69) is 10.2 Å². The van der Waals surface area contributed by atoms with Gasteiger partial charge in [0.05, 0.1) is 17.2 Å². The highest BCUT2D eigenvalue weighted by Gasteiger charge is 2.53. The summed E-state index contributed by atoms with van der Waals surface area (Å²) < 4.78 is 13.2. The highest BCUT2D eigenvalue weighted by molar-refractivity contribution is 6.12. The summed E-state index contributed by atoms with van der Waals surface area (Å²) in [6.45, 7) is 5.05. The van der Waals surface area contributed by atoms with Gasteiger partial charge in [-0.15, -0.1) is 0 Å². The Morgan fingerprint density at radius 1 is 1.32 bits per heavy atom. The smallest absolute Gasteiger partial charge is 0.136 e. The molecule has 0 spiro atoms. The van der Waals surface area contributed by atoms with Crippen molar-refractivity contribution >= 4 is 17.2 Å². The molecule has 1 fully saturated rings. The Balaban J connectivity index is 2.14. The first-order valence-electron chi connectivity index (χ1n) is 7.40. The maximum Gasteiger partial charge on any atom is 0.136 e. The van der Waals surface area contributed by atoms with Crippen LogP contribution in [0.4, 0.5) is 4.39 Å². The van der Waals surface area contributed by atoms with E-state index in [0.717, 1.165) is 17.0 Å². The molecule has 1 aliphatic carbocycles. The van der Waals surface area contributed by atoms with E-state index in [0.29, 0.717) is 6.42 Å². The van der Waals surface area contributed by atoms with E-state index in [4.69, 9.17) is 0 Å². The van der Waals surface area contributed by atoms with Crippen LogP contribution in [0.25, 0.3) is 0 Å². The van der Waals surface area contributed by atoms with Gasteiger partial charge in [-0.25, -0.2) is 4.39 Å². The lowest BCUT2D eigenvalue weighted by molar-refractivity contribution is -0.131. The van der Waals surface area contributed by atoms with Crippen molar-refractivity contribution in [3.63, 3.8) is 0 Å². The third-order valence-electron chi connectivity index (χ3n) is 4.77. The molecule has 0 saturated heterocycles. The van der Waals surface area contributed by atoms with Crippen molar-refractivity contribution in [1.29, 1.82) is 0 Å². The topological polar surface area (TPSA) is 62.0 Å². The first-order chi connectivity index (χ1) is 10.3. The van der Waals surface area contributed by atoms with Crippen LogP contribution in [-0.4, -0.2) is 27.9 Å². The van der Waals surface area contributed by atoms with E-state index in [1.54, 1.807) is 19.1 Å². The molecule has 0 radical (unpaired) electrons. The van der Waals surface area contributed by atoms with Gasteiger partial charge in [-0.3, -0.25) is 4.79 Å². The van der Waals surface area contributed by atoms with Gasteiger partial charge in [0.1, 0.15) is 11.6 Å². The summed E-state index contributed by atoms with van der Waals surface area (Å²) in [5, 5.41) is 19.1. The fourth-order valence-electron chi connectivity index (χ4n) is 3.94. The molecule has 1 aromatic rings. The molecular formula is C17H19FN2O2. The van der Waals surface area contributed by atoms with Gasteiger partial charge in [-0.05, 0) is 38.5 Å². The predicted molar refractivity (Wildman–Crippen MR) is 82.6 cm³/mol. The molecule has 1 saturated carbocycles. The Bertz CT molecular complexity index is 676. The number of halogens is 1. The lowest BCUT2D eigenvalue weighted by Gasteiger charge is -2.45. The van der Waals surface area contributed by atoms with E-state index in [9.17, 15) is 14.3 Å². The van der Waals surface area contributed by atoms with Gasteiger partial charge in [0.2, 0.25) is 0 Å². The molecular weight excluding hydrogens is 283 g/mol. The lowest BCUT2D eigenvalue weighted by atomic mass is 9.59. The minimum Gasteiger partial charge on any atom is -0.389 e. The highest BCUT2D eigenvalue weighted by Crippen LogP contribution is 2.48. The molecule has 4 nitrogen and oxygen atoms in total. The summed E-state index contributed by atoms with van der Waals surface area (Å²) in [7, 11) is 0. The maximum absolute atomic E-state index is 13.2. The standard InChI is InChI=1S/C17H19FN2O2/c1-9-14-13(20-19-9)8-17(3,22)16(10(2)21)15(14)11-4-6-12(18)7-5-11/h4-7,14-16,22H,8H2,1-3H3/t14-,15-,16-,17-/m1/s1. The van der Waals surface area contributed by atoms with Crippen LogP contribution in [0.2, 0.25) is 0 Å². The zero-order chi connectivity index (χ0) is 16.1. The number of ketones is 1. The molecule has 5 heteroatoms. The minimum absolute atomic E-state index is 0.0712. The molecule has 22 heavy (non-hydrogen) atoms. The molecule has 0 aromatic heterocycles. The van der Waals surface area contributed by atoms with Gasteiger partial charge in [0, 0.05) is 24.0 Å². The predicted octanol–water partition coefficient (Wildman–Crippen LogP) is 2.72. The SMILES string of the molecule is CC(=O)[C@@H]1[C@H](c2ccc(F)cc2)[C@@H]2C(C)=NN=C2C[C@@]1(C)O. The second kappa shape index (κ2) is 5.09. The average Bonchev–Trinajstić information content (AvgIpc) is 2.77. The number of hydrogen-bond acceptors (Lipinski definition) is 4. The number of carbonyl (C=O) groups is 1. The third kappa shape index (κ3) is 2.29. The van der Waals surface area contributed by atoms with Gasteiger partial charge in [0.25, 0.3) is 0 Å². The number of aliphatic hydroxyl groups is 1. The van der Waals surface area contributed by atoms with E-state index in [1.807, 2.05) is 6.92 Å². The molecule has 0 amide bonds. The summed E-state index contributed by atoms with van der Waals surface area (Å²) in [5.41, 5.74) is 1.29. The zero-order valence-corrected chi connectivity index (χ0v) is 12.9. The Kier molecular flexibility index (Phi) is 3.48. The van der Waals surface area contributed by atoms with Crippen molar-refractivity contribution in [2.75, 3.05) is 0 Å². The van der Waals surface area contributed by atoms with Crippen molar-refractivity contribution in [2.24, 2.45) is 22.0 Å². The van der Waals surface area contributed by atoms with Crippen LogP contribution in [0.1, 0.15) is 38.7 Å². The Labute approximate surface area is 128 Å². The largest absolute Gasteiger partial charge is 0.389 e. The van der Waals surface area contributed by atoms with Crippen LogP contribution in [0.3, 0.4) is 0 Å². The van der Waals surface area contributed by atoms with Crippen LogP contribution in [0.15, 0.2) is 34.5 Å². The van der Waals surface area contributed by atoms with Crippen molar-refractivity contribution in [3.8, 4) is 0 Å². The first-order valence-corrected chi connectivity index (χ1v) is 7.40. The number of benzene rings is 1. The second-order valence-electron chi connectivity index (χ2n) is 6.51. The molecule has 1 heterocycles. The number of hydrogen-bond donors (Lipinski definition) is 1. The number of fused-ring (bicyclic) bond motifs is 1. The summed E-state index contributed by atoms with van der Waals surface area (Å²) >= 11 is 0.